The smallest absolute Gasteiger partial charge is 0.306 e. The third-order valence-electron chi connectivity index (χ3n) is 8.01. The lowest BCUT2D eigenvalue weighted by molar-refractivity contribution is -0.141. The molecule has 0 aliphatic heterocycles. The van der Waals surface area contributed by atoms with Crippen molar-refractivity contribution in [3.8, 4) is 16.9 Å². The Kier molecular flexibility index (Phi) is 7.20. The fraction of sp³-hybridized carbons (Fsp3) is 0.552. The zero-order valence-electron chi connectivity index (χ0n) is 20.9. The molecule has 0 saturated heterocycles. The van der Waals surface area contributed by atoms with Gasteiger partial charge in [0.2, 0.25) is 0 Å². The summed E-state index contributed by atoms with van der Waals surface area (Å²) in [6.07, 6.45) is 6.53. The standard InChI is InChI=1S/C29H38FNO3/c1-29(2,3)22-10-13-25(14-11-22)34-27-15-9-20(18-26(27)30)19-6-5-7-23(16-19)31(4)24-12-8-21(17-24)28(32)33/h5-7,9,15-16,18,21-22,24-25H,8,10-14,17H2,1-4H3,(H,32,33)/t21?,22-,24?,25-. The Morgan fingerprint density at radius 1 is 1.00 bits per heavy atom. The van der Waals surface area contributed by atoms with Gasteiger partial charge >= 0.3 is 5.97 Å². The number of rotatable bonds is 6. The van der Waals surface area contributed by atoms with Gasteiger partial charge < -0.3 is 14.7 Å². The second-order valence-electron chi connectivity index (χ2n) is 11.3. The third kappa shape index (κ3) is 5.56. The average molecular weight is 468 g/mol. The van der Waals surface area contributed by atoms with Crippen molar-refractivity contribution in [3.63, 3.8) is 0 Å². The van der Waals surface area contributed by atoms with E-state index in [4.69, 9.17) is 4.74 Å². The van der Waals surface area contributed by atoms with E-state index in [1.807, 2.05) is 31.3 Å². The lowest BCUT2D eigenvalue weighted by Gasteiger charge is -2.37. The van der Waals surface area contributed by atoms with Crippen LogP contribution in [-0.2, 0) is 4.79 Å². The number of ether oxygens (including phenoxy) is 1. The Bertz CT molecular complexity index is 1010. The summed E-state index contributed by atoms with van der Waals surface area (Å²) in [5.74, 6) is -0.258. The minimum atomic E-state index is -0.704. The van der Waals surface area contributed by atoms with Gasteiger partial charge in [-0.15, -0.1) is 0 Å². The molecule has 2 aromatic carbocycles. The van der Waals surface area contributed by atoms with Crippen molar-refractivity contribution in [1.29, 1.82) is 0 Å². The van der Waals surface area contributed by atoms with E-state index in [2.05, 4.69) is 31.7 Å². The van der Waals surface area contributed by atoms with Gasteiger partial charge in [0.05, 0.1) is 12.0 Å². The summed E-state index contributed by atoms with van der Waals surface area (Å²) in [7, 11) is 2.01. The second kappa shape index (κ2) is 9.97. The number of hydrogen-bond acceptors (Lipinski definition) is 3. The number of benzene rings is 2. The van der Waals surface area contributed by atoms with Gasteiger partial charge in [-0.1, -0.05) is 39.0 Å². The van der Waals surface area contributed by atoms with E-state index in [9.17, 15) is 14.3 Å². The monoisotopic (exact) mass is 467 g/mol. The number of carbonyl (C=O) groups is 1. The molecule has 0 amide bonds. The van der Waals surface area contributed by atoms with Crippen molar-refractivity contribution in [1.82, 2.24) is 0 Å². The molecular weight excluding hydrogens is 429 g/mol. The highest BCUT2D eigenvalue weighted by Gasteiger charge is 2.32. The maximum Gasteiger partial charge on any atom is 0.306 e. The molecule has 2 aliphatic rings. The molecular formula is C29H38FNO3. The van der Waals surface area contributed by atoms with Crippen molar-refractivity contribution in [2.45, 2.75) is 77.9 Å². The molecule has 0 heterocycles. The van der Waals surface area contributed by atoms with E-state index in [1.165, 1.54) is 0 Å². The highest BCUT2D eigenvalue weighted by Crippen LogP contribution is 2.39. The molecule has 2 fully saturated rings. The highest BCUT2D eigenvalue weighted by atomic mass is 19.1. The lowest BCUT2D eigenvalue weighted by atomic mass is 9.72. The van der Waals surface area contributed by atoms with Crippen LogP contribution in [0.3, 0.4) is 0 Å². The first-order valence-electron chi connectivity index (χ1n) is 12.6. The van der Waals surface area contributed by atoms with Crippen LogP contribution in [0.4, 0.5) is 10.1 Å². The van der Waals surface area contributed by atoms with Crippen LogP contribution < -0.4 is 9.64 Å². The lowest BCUT2D eigenvalue weighted by Crippen LogP contribution is -2.30. The van der Waals surface area contributed by atoms with Gasteiger partial charge in [-0.05, 0) is 91.7 Å². The van der Waals surface area contributed by atoms with E-state index < -0.39 is 5.97 Å². The predicted molar refractivity (Wildman–Crippen MR) is 135 cm³/mol. The van der Waals surface area contributed by atoms with E-state index >= 15 is 0 Å². The molecule has 4 rings (SSSR count). The summed E-state index contributed by atoms with van der Waals surface area (Å²) < 4.78 is 21.1. The van der Waals surface area contributed by atoms with Crippen LogP contribution in [0, 0.1) is 23.1 Å². The third-order valence-corrected chi connectivity index (χ3v) is 8.01. The summed E-state index contributed by atoms with van der Waals surface area (Å²) in [6.45, 7) is 6.89. The first-order chi connectivity index (χ1) is 16.1. The summed E-state index contributed by atoms with van der Waals surface area (Å²) in [5, 5.41) is 9.31. The van der Waals surface area contributed by atoms with Crippen molar-refractivity contribution in [3.05, 3.63) is 48.3 Å². The molecule has 2 saturated carbocycles. The Balaban J connectivity index is 1.42. The number of carboxylic acids is 1. The highest BCUT2D eigenvalue weighted by molar-refractivity contribution is 5.71. The SMILES string of the molecule is CN(c1cccc(-c2ccc(O[C@H]3CC[C@H](C(C)(C)C)CC3)c(F)c2)c1)C1CCC(C(=O)O)C1. The van der Waals surface area contributed by atoms with Gasteiger partial charge in [0.15, 0.2) is 11.6 Å². The van der Waals surface area contributed by atoms with Gasteiger partial charge in [0, 0.05) is 18.8 Å². The molecule has 5 heteroatoms. The number of nitrogens with zero attached hydrogens (tertiary/aromatic N) is 1. The molecule has 2 aromatic rings. The van der Waals surface area contributed by atoms with E-state index in [0.29, 0.717) is 29.9 Å². The fourth-order valence-corrected chi connectivity index (χ4v) is 5.65. The molecule has 1 N–H and O–H groups in total. The maximum atomic E-state index is 15.0. The van der Waals surface area contributed by atoms with Crippen LogP contribution in [0.15, 0.2) is 42.5 Å². The minimum absolute atomic E-state index is 0.0805. The Labute approximate surface area is 203 Å². The summed E-state index contributed by atoms with van der Waals surface area (Å²) in [6, 6.07) is 13.5. The summed E-state index contributed by atoms with van der Waals surface area (Å²) >= 11 is 0. The maximum absolute atomic E-state index is 15.0. The van der Waals surface area contributed by atoms with Gasteiger partial charge in [0.1, 0.15) is 0 Å². The molecule has 0 aromatic heterocycles. The van der Waals surface area contributed by atoms with Crippen LogP contribution >= 0.6 is 0 Å². The number of aliphatic carboxylic acids is 1. The summed E-state index contributed by atoms with van der Waals surface area (Å²) in [5.41, 5.74) is 3.08. The Morgan fingerprint density at radius 2 is 1.71 bits per heavy atom. The molecule has 0 radical (unpaired) electrons. The zero-order valence-corrected chi connectivity index (χ0v) is 20.9. The van der Waals surface area contributed by atoms with Crippen LogP contribution in [0.2, 0.25) is 0 Å². The number of halogens is 1. The van der Waals surface area contributed by atoms with E-state index in [0.717, 1.165) is 48.9 Å². The average Bonchev–Trinajstić information content (AvgIpc) is 3.30. The quantitative estimate of drug-likeness (QED) is 0.489. The molecule has 2 atom stereocenters. The first kappa shape index (κ1) is 24.6. The van der Waals surface area contributed by atoms with Crippen molar-refractivity contribution >= 4 is 11.7 Å². The number of anilines is 1. The first-order valence-corrected chi connectivity index (χ1v) is 12.6. The Morgan fingerprint density at radius 3 is 2.32 bits per heavy atom. The van der Waals surface area contributed by atoms with Crippen molar-refractivity contribution in [2.24, 2.45) is 17.3 Å². The fourth-order valence-electron chi connectivity index (χ4n) is 5.65. The molecule has 0 spiro atoms. The van der Waals surface area contributed by atoms with E-state index in [-0.39, 0.29) is 23.9 Å². The predicted octanol–water partition coefficient (Wildman–Crippen LogP) is 7.17. The molecule has 184 valence electrons. The van der Waals surface area contributed by atoms with Gasteiger partial charge in [-0.3, -0.25) is 4.79 Å². The largest absolute Gasteiger partial charge is 0.487 e. The molecule has 2 aliphatic carbocycles. The zero-order chi connectivity index (χ0) is 24.5. The van der Waals surface area contributed by atoms with E-state index in [1.54, 1.807) is 12.1 Å². The second-order valence-corrected chi connectivity index (χ2v) is 11.3. The number of hydrogen-bond donors (Lipinski definition) is 1. The number of carboxylic acid groups (broad SMARTS) is 1. The van der Waals surface area contributed by atoms with Gasteiger partial charge in [-0.2, -0.15) is 0 Å². The topological polar surface area (TPSA) is 49.8 Å². The van der Waals surface area contributed by atoms with Crippen LogP contribution in [-0.4, -0.2) is 30.3 Å². The van der Waals surface area contributed by atoms with Crippen LogP contribution in [0.25, 0.3) is 11.1 Å². The van der Waals surface area contributed by atoms with Crippen LogP contribution in [0.1, 0.15) is 65.7 Å². The van der Waals surface area contributed by atoms with Crippen molar-refractivity contribution < 1.29 is 19.0 Å². The van der Waals surface area contributed by atoms with Gasteiger partial charge in [-0.25, -0.2) is 4.39 Å². The van der Waals surface area contributed by atoms with Crippen LogP contribution in [0.5, 0.6) is 5.75 Å². The molecule has 4 nitrogen and oxygen atoms in total. The van der Waals surface area contributed by atoms with Crippen molar-refractivity contribution in [2.75, 3.05) is 11.9 Å². The molecule has 2 unspecified atom stereocenters. The molecule has 34 heavy (non-hydrogen) atoms. The van der Waals surface area contributed by atoms with Gasteiger partial charge in [0.25, 0.3) is 0 Å². The summed E-state index contributed by atoms with van der Waals surface area (Å²) in [4.78, 5) is 13.5. The normalized spacial score (nSPS) is 25.2. The Hall–Kier alpha value is -2.56. The minimum Gasteiger partial charge on any atom is -0.487 e. The molecule has 0 bridgehead atoms.